The molecule has 0 bridgehead atoms. The van der Waals surface area contributed by atoms with Crippen LogP contribution in [0.25, 0.3) is 59.1 Å². The molecule has 3 nitrogen and oxygen atoms in total. The Morgan fingerprint density at radius 1 is 0.650 bits per heavy atom. The van der Waals surface area contributed by atoms with E-state index in [1.54, 1.807) is 23.7 Å². The predicted molar refractivity (Wildman–Crippen MR) is 164 cm³/mol. The summed E-state index contributed by atoms with van der Waals surface area (Å²) >= 11 is 1.73. The van der Waals surface area contributed by atoms with Gasteiger partial charge in [-0.2, -0.15) is 0 Å². The molecule has 0 N–H and O–H groups in total. The number of hydrogen-bond acceptors (Lipinski definition) is 3. The van der Waals surface area contributed by atoms with Crippen molar-refractivity contribution in [3.05, 3.63) is 139 Å². The molecule has 0 saturated heterocycles. The van der Waals surface area contributed by atoms with E-state index in [-0.39, 0.29) is 0 Å². The highest BCUT2D eigenvalue weighted by atomic mass is 32.1. The van der Waals surface area contributed by atoms with Crippen LogP contribution in [0.2, 0.25) is 0 Å². The zero-order valence-electron chi connectivity index (χ0n) is 21.3. The van der Waals surface area contributed by atoms with Gasteiger partial charge in [0.1, 0.15) is 5.82 Å². The van der Waals surface area contributed by atoms with Gasteiger partial charge in [0.05, 0.1) is 16.7 Å². The molecule has 40 heavy (non-hydrogen) atoms. The Hall–Kier alpha value is -4.87. The summed E-state index contributed by atoms with van der Waals surface area (Å²) in [7, 11) is 0. The summed E-state index contributed by atoms with van der Waals surface area (Å²) in [5.41, 5.74) is 5.01. The maximum atomic E-state index is 17.0. The number of alkyl halides is 1. The topological polar surface area (TPSA) is 30.7 Å². The Bertz CT molecular complexity index is 2180. The summed E-state index contributed by atoms with van der Waals surface area (Å²) in [6.45, 7) is 0. The molecule has 4 aromatic carbocycles. The molecule has 4 aromatic heterocycles. The third kappa shape index (κ3) is 3.48. The highest BCUT2D eigenvalue weighted by molar-refractivity contribution is 7.26. The highest BCUT2D eigenvalue weighted by Gasteiger charge is 2.25. The number of fused-ring (bicyclic) bond motifs is 7. The molecule has 190 valence electrons. The lowest BCUT2D eigenvalue weighted by atomic mass is 9.94. The van der Waals surface area contributed by atoms with Gasteiger partial charge in [-0.25, -0.2) is 9.37 Å². The lowest BCUT2D eigenvalue weighted by Gasteiger charge is -2.14. The molecule has 1 atom stereocenters. The lowest BCUT2D eigenvalue weighted by molar-refractivity contribution is 0.405. The molecule has 0 fully saturated rings. The third-order valence-electron chi connectivity index (χ3n) is 7.61. The second-order valence-electron chi connectivity index (χ2n) is 9.91. The molecular formula is C35H22FN3S. The molecule has 8 aromatic rings. The number of pyridine rings is 2. The average molecular weight is 536 g/mol. The standard InChI is InChI=1S/C35H22FN3S/c36-34(23-11-9-10-22(20-23)27-14-5-7-18-37-27)26-21-29-33(35-32(26)25-13-2-4-16-30(25)40-35)24-12-1-3-15-28(24)39(29)31-17-6-8-19-38-31/h1-21,34H. The monoisotopic (exact) mass is 535 g/mol. The van der Waals surface area contributed by atoms with Crippen molar-refractivity contribution >= 4 is 53.3 Å². The fourth-order valence-electron chi connectivity index (χ4n) is 5.86. The summed E-state index contributed by atoms with van der Waals surface area (Å²) < 4.78 is 21.4. The van der Waals surface area contributed by atoms with Crippen molar-refractivity contribution in [3.63, 3.8) is 0 Å². The molecular weight excluding hydrogens is 513 g/mol. The van der Waals surface area contributed by atoms with Gasteiger partial charge in [-0.3, -0.25) is 9.55 Å². The first kappa shape index (κ1) is 23.1. The number of hydrogen-bond donors (Lipinski definition) is 0. The van der Waals surface area contributed by atoms with Gasteiger partial charge in [0.15, 0.2) is 6.17 Å². The fourth-order valence-corrected chi connectivity index (χ4v) is 7.16. The zero-order valence-corrected chi connectivity index (χ0v) is 22.1. The number of thiophene rings is 1. The Balaban J connectivity index is 1.47. The second-order valence-corrected chi connectivity index (χ2v) is 11.0. The molecule has 0 amide bonds. The predicted octanol–water partition coefficient (Wildman–Crippen LogP) is 9.67. The van der Waals surface area contributed by atoms with E-state index < -0.39 is 6.17 Å². The summed E-state index contributed by atoms with van der Waals surface area (Å²) in [6.07, 6.45) is 2.24. The molecule has 5 heteroatoms. The number of rotatable bonds is 4. The summed E-state index contributed by atoms with van der Waals surface area (Å²) in [5.74, 6) is 0.813. The summed E-state index contributed by atoms with van der Waals surface area (Å²) in [6, 6.07) is 38.2. The quantitative estimate of drug-likeness (QED) is 0.225. The Morgan fingerprint density at radius 3 is 2.25 bits per heavy atom. The van der Waals surface area contributed by atoms with Crippen molar-refractivity contribution < 1.29 is 4.39 Å². The Kier molecular flexibility index (Phi) is 5.25. The molecule has 0 saturated carbocycles. The van der Waals surface area contributed by atoms with E-state index in [9.17, 15) is 0 Å². The van der Waals surface area contributed by atoms with Crippen LogP contribution >= 0.6 is 11.3 Å². The number of nitrogens with zero attached hydrogens (tertiary/aromatic N) is 3. The zero-order chi connectivity index (χ0) is 26.6. The van der Waals surface area contributed by atoms with Crippen molar-refractivity contribution in [2.24, 2.45) is 0 Å². The van der Waals surface area contributed by atoms with E-state index >= 15 is 4.39 Å². The van der Waals surface area contributed by atoms with Gasteiger partial charge in [-0.15, -0.1) is 11.3 Å². The minimum absolute atomic E-state index is 0.611. The minimum Gasteiger partial charge on any atom is -0.294 e. The maximum absolute atomic E-state index is 17.0. The van der Waals surface area contributed by atoms with Crippen LogP contribution in [-0.4, -0.2) is 14.5 Å². The highest BCUT2D eigenvalue weighted by Crippen LogP contribution is 2.47. The normalized spacial score (nSPS) is 12.5. The largest absolute Gasteiger partial charge is 0.294 e. The average Bonchev–Trinajstić information content (AvgIpc) is 3.57. The van der Waals surface area contributed by atoms with Crippen molar-refractivity contribution in [3.8, 4) is 17.1 Å². The van der Waals surface area contributed by atoms with E-state index in [2.05, 4.69) is 50.9 Å². The molecule has 0 aliphatic carbocycles. The molecule has 0 aliphatic rings. The summed E-state index contributed by atoms with van der Waals surface area (Å²) in [4.78, 5) is 9.17. The van der Waals surface area contributed by atoms with Crippen molar-refractivity contribution in [2.75, 3.05) is 0 Å². The number of para-hydroxylation sites is 1. The molecule has 0 aliphatic heterocycles. The van der Waals surface area contributed by atoms with Crippen LogP contribution in [0.15, 0.2) is 128 Å². The molecule has 0 spiro atoms. The van der Waals surface area contributed by atoms with Gasteiger partial charge in [-0.1, -0.05) is 66.7 Å². The Morgan fingerprint density at radius 2 is 1.43 bits per heavy atom. The third-order valence-corrected chi connectivity index (χ3v) is 8.79. The van der Waals surface area contributed by atoms with Gasteiger partial charge in [0.25, 0.3) is 0 Å². The second kappa shape index (κ2) is 9.11. The van der Waals surface area contributed by atoms with Gasteiger partial charge in [0, 0.05) is 54.5 Å². The van der Waals surface area contributed by atoms with Crippen LogP contribution in [0.5, 0.6) is 0 Å². The van der Waals surface area contributed by atoms with Crippen LogP contribution in [0.1, 0.15) is 17.3 Å². The van der Waals surface area contributed by atoms with E-state index in [1.807, 2.05) is 78.9 Å². The molecule has 4 heterocycles. The maximum Gasteiger partial charge on any atom is 0.151 e. The lowest BCUT2D eigenvalue weighted by Crippen LogP contribution is -1.99. The molecule has 8 rings (SSSR count). The van der Waals surface area contributed by atoms with E-state index in [4.69, 9.17) is 0 Å². The van der Waals surface area contributed by atoms with E-state index in [0.29, 0.717) is 11.1 Å². The van der Waals surface area contributed by atoms with Crippen LogP contribution in [0.3, 0.4) is 0 Å². The van der Waals surface area contributed by atoms with Crippen molar-refractivity contribution in [1.82, 2.24) is 14.5 Å². The first-order valence-electron chi connectivity index (χ1n) is 13.2. The van der Waals surface area contributed by atoms with E-state index in [1.165, 1.54) is 0 Å². The summed E-state index contributed by atoms with van der Waals surface area (Å²) in [5, 5.41) is 4.33. The van der Waals surface area contributed by atoms with Crippen LogP contribution in [0.4, 0.5) is 4.39 Å². The van der Waals surface area contributed by atoms with Crippen molar-refractivity contribution in [1.29, 1.82) is 0 Å². The molecule has 0 radical (unpaired) electrons. The first-order valence-corrected chi connectivity index (χ1v) is 14.0. The SMILES string of the molecule is FC(c1cccc(-c2ccccn2)c1)c1cc2c(c3ccccc3n2-c2ccccn2)c2sc3ccccc3c12. The van der Waals surface area contributed by atoms with Crippen LogP contribution in [0, 0.1) is 0 Å². The van der Waals surface area contributed by atoms with Gasteiger partial charge in [-0.05, 0) is 54.1 Å². The van der Waals surface area contributed by atoms with Gasteiger partial charge >= 0.3 is 0 Å². The van der Waals surface area contributed by atoms with Crippen molar-refractivity contribution in [2.45, 2.75) is 6.17 Å². The first-order chi connectivity index (χ1) is 19.8. The minimum atomic E-state index is -1.33. The fraction of sp³-hybridized carbons (Fsp3) is 0.0286. The van der Waals surface area contributed by atoms with Gasteiger partial charge < -0.3 is 0 Å². The van der Waals surface area contributed by atoms with Crippen LogP contribution in [-0.2, 0) is 0 Å². The number of benzene rings is 4. The molecule has 1 unspecified atom stereocenters. The Labute approximate surface area is 233 Å². The van der Waals surface area contributed by atoms with E-state index in [0.717, 1.165) is 59.1 Å². The van der Waals surface area contributed by atoms with Crippen LogP contribution < -0.4 is 0 Å². The van der Waals surface area contributed by atoms with Gasteiger partial charge in [0.2, 0.25) is 0 Å². The number of halogens is 1. The smallest absolute Gasteiger partial charge is 0.151 e. The number of aromatic nitrogens is 3.